The molecule has 1 fully saturated rings. The van der Waals surface area contributed by atoms with Crippen molar-refractivity contribution in [3.05, 3.63) is 65.0 Å². The maximum atomic E-state index is 14.3. The van der Waals surface area contributed by atoms with E-state index in [1.165, 1.54) is 6.07 Å². The Balaban J connectivity index is 1.67. The van der Waals surface area contributed by atoms with Crippen molar-refractivity contribution in [2.24, 2.45) is 5.73 Å². The van der Waals surface area contributed by atoms with Crippen LogP contribution in [0.25, 0.3) is 0 Å². The van der Waals surface area contributed by atoms with Crippen LogP contribution in [0.3, 0.4) is 0 Å². The van der Waals surface area contributed by atoms with Gasteiger partial charge in [0.2, 0.25) is 5.91 Å². The van der Waals surface area contributed by atoms with Crippen LogP contribution in [0.15, 0.2) is 42.5 Å². The van der Waals surface area contributed by atoms with Crippen molar-refractivity contribution in [1.82, 2.24) is 10.2 Å². The molecule has 1 heterocycles. The second-order valence-corrected chi connectivity index (χ2v) is 7.01. The molecule has 3 rings (SSSR count). The highest BCUT2D eigenvalue weighted by molar-refractivity contribution is 5.95. The number of nitrogens with two attached hydrogens (primary N) is 1. The van der Waals surface area contributed by atoms with Crippen LogP contribution in [-0.2, 0) is 0 Å². The predicted octanol–water partition coefficient (Wildman–Crippen LogP) is 3.19. The Morgan fingerprint density at radius 3 is 2.54 bits per heavy atom. The standard InChI is InChI=1S/C21H25FN4O2/c1-14-12-15(20(23)27)8-9-18(14)25-21(28)24-13-19(26-10-4-5-11-26)16-6-2-3-7-17(16)22/h2-3,6-9,12,19H,4-5,10-11,13H2,1H3,(H2,23,27)(H2,24,25,28)/t19-/m0/s1. The lowest BCUT2D eigenvalue weighted by Crippen LogP contribution is -2.39. The average molecular weight is 384 g/mol. The van der Waals surface area contributed by atoms with Crippen molar-refractivity contribution in [2.45, 2.75) is 25.8 Å². The van der Waals surface area contributed by atoms with Gasteiger partial charge in [-0.1, -0.05) is 18.2 Å². The van der Waals surface area contributed by atoms with Crippen LogP contribution < -0.4 is 16.4 Å². The van der Waals surface area contributed by atoms with E-state index >= 15 is 0 Å². The minimum Gasteiger partial charge on any atom is -0.366 e. The Labute approximate surface area is 163 Å². The number of anilines is 1. The number of carbonyl (C=O) groups excluding carboxylic acids is 2. The number of urea groups is 1. The number of carbonyl (C=O) groups is 2. The molecule has 0 bridgehead atoms. The largest absolute Gasteiger partial charge is 0.366 e. The molecule has 7 heteroatoms. The maximum absolute atomic E-state index is 14.3. The summed E-state index contributed by atoms with van der Waals surface area (Å²) in [4.78, 5) is 25.8. The van der Waals surface area contributed by atoms with Crippen molar-refractivity contribution in [2.75, 3.05) is 25.0 Å². The van der Waals surface area contributed by atoms with Crippen LogP contribution in [0.4, 0.5) is 14.9 Å². The van der Waals surface area contributed by atoms with Gasteiger partial charge in [-0.25, -0.2) is 9.18 Å². The van der Waals surface area contributed by atoms with Gasteiger partial charge in [-0.3, -0.25) is 9.69 Å². The van der Waals surface area contributed by atoms with E-state index in [0.29, 0.717) is 23.4 Å². The zero-order chi connectivity index (χ0) is 20.1. The minimum absolute atomic E-state index is 0.215. The molecular formula is C21H25FN4O2. The first-order valence-corrected chi connectivity index (χ1v) is 9.39. The zero-order valence-electron chi connectivity index (χ0n) is 15.9. The fourth-order valence-electron chi connectivity index (χ4n) is 3.55. The van der Waals surface area contributed by atoms with Crippen molar-refractivity contribution in [3.8, 4) is 0 Å². The zero-order valence-corrected chi connectivity index (χ0v) is 15.9. The number of nitrogens with one attached hydrogen (secondary N) is 2. The normalized spacial score (nSPS) is 15.2. The number of rotatable bonds is 6. The summed E-state index contributed by atoms with van der Waals surface area (Å²) in [6, 6.07) is 10.9. The number of benzene rings is 2. The van der Waals surface area contributed by atoms with Gasteiger partial charge in [0.1, 0.15) is 5.82 Å². The number of aryl methyl sites for hydroxylation is 1. The third-order valence-electron chi connectivity index (χ3n) is 5.06. The lowest BCUT2D eigenvalue weighted by Gasteiger charge is -2.28. The van der Waals surface area contributed by atoms with Crippen molar-refractivity contribution >= 4 is 17.6 Å². The average Bonchev–Trinajstić information content (AvgIpc) is 3.19. The molecule has 0 unspecified atom stereocenters. The molecule has 0 aliphatic carbocycles. The number of likely N-dealkylation sites (tertiary alicyclic amines) is 1. The topological polar surface area (TPSA) is 87.5 Å². The first kappa shape index (κ1) is 19.8. The van der Waals surface area contributed by atoms with Gasteiger partial charge in [-0.05, 0) is 62.7 Å². The molecule has 1 atom stereocenters. The Bertz CT molecular complexity index is 865. The third kappa shape index (κ3) is 4.67. The highest BCUT2D eigenvalue weighted by Gasteiger charge is 2.26. The molecule has 0 saturated carbocycles. The summed E-state index contributed by atoms with van der Waals surface area (Å²) in [6.07, 6.45) is 2.14. The van der Waals surface area contributed by atoms with E-state index in [1.807, 2.05) is 6.07 Å². The summed E-state index contributed by atoms with van der Waals surface area (Å²) in [6.45, 7) is 3.85. The molecule has 1 saturated heterocycles. The fourth-order valence-corrected chi connectivity index (χ4v) is 3.55. The van der Waals surface area contributed by atoms with Gasteiger partial charge in [0.25, 0.3) is 0 Å². The molecule has 1 aliphatic rings. The Kier molecular flexibility index (Phi) is 6.26. The van der Waals surface area contributed by atoms with Crippen LogP contribution >= 0.6 is 0 Å². The van der Waals surface area contributed by atoms with E-state index in [-0.39, 0.29) is 17.9 Å². The van der Waals surface area contributed by atoms with Gasteiger partial charge in [-0.2, -0.15) is 0 Å². The Morgan fingerprint density at radius 2 is 1.89 bits per heavy atom. The molecule has 0 radical (unpaired) electrons. The first-order valence-electron chi connectivity index (χ1n) is 9.39. The van der Waals surface area contributed by atoms with Gasteiger partial charge < -0.3 is 16.4 Å². The SMILES string of the molecule is Cc1cc(C(N)=O)ccc1NC(=O)NC[C@@H](c1ccccc1F)N1CCCC1. The van der Waals surface area contributed by atoms with Crippen LogP contribution in [0, 0.1) is 12.7 Å². The number of amides is 3. The molecule has 0 aromatic heterocycles. The monoisotopic (exact) mass is 384 g/mol. The molecule has 0 spiro atoms. The predicted molar refractivity (Wildman–Crippen MR) is 107 cm³/mol. The number of hydrogen-bond donors (Lipinski definition) is 3. The van der Waals surface area contributed by atoms with Crippen LogP contribution in [0.2, 0.25) is 0 Å². The lowest BCUT2D eigenvalue weighted by molar-refractivity contribution is 0.1000. The number of primary amides is 1. The van der Waals surface area contributed by atoms with Crippen molar-refractivity contribution in [3.63, 3.8) is 0 Å². The highest BCUT2D eigenvalue weighted by atomic mass is 19.1. The van der Waals surface area contributed by atoms with E-state index < -0.39 is 5.91 Å². The van der Waals surface area contributed by atoms with Crippen LogP contribution in [0.5, 0.6) is 0 Å². The second-order valence-electron chi connectivity index (χ2n) is 7.01. The summed E-state index contributed by atoms with van der Waals surface area (Å²) in [7, 11) is 0. The quantitative estimate of drug-likeness (QED) is 0.715. The molecular weight excluding hydrogens is 359 g/mol. The van der Waals surface area contributed by atoms with E-state index in [1.54, 1.807) is 37.3 Å². The number of nitrogens with zero attached hydrogens (tertiary/aromatic N) is 1. The maximum Gasteiger partial charge on any atom is 0.319 e. The van der Waals surface area contributed by atoms with Gasteiger partial charge in [-0.15, -0.1) is 0 Å². The van der Waals surface area contributed by atoms with Crippen LogP contribution in [-0.4, -0.2) is 36.5 Å². The Morgan fingerprint density at radius 1 is 1.18 bits per heavy atom. The number of halogens is 1. The molecule has 2 aromatic carbocycles. The summed E-state index contributed by atoms with van der Waals surface area (Å²) in [5.41, 5.74) is 7.57. The van der Waals surface area contributed by atoms with Gasteiger partial charge in [0, 0.05) is 23.4 Å². The molecule has 2 aromatic rings. The second kappa shape index (κ2) is 8.84. The highest BCUT2D eigenvalue weighted by Crippen LogP contribution is 2.26. The minimum atomic E-state index is -0.516. The first-order chi connectivity index (χ1) is 13.5. The molecule has 28 heavy (non-hydrogen) atoms. The molecule has 4 N–H and O–H groups in total. The lowest BCUT2D eigenvalue weighted by atomic mass is 10.0. The van der Waals surface area contributed by atoms with Gasteiger partial charge >= 0.3 is 6.03 Å². The van der Waals surface area contributed by atoms with E-state index in [0.717, 1.165) is 31.5 Å². The molecule has 6 nitrogen and oxygen atoms in total. The van der Waals surface area contributed by atoms with Crippen molar-refractivity contribution < 1.29 is 14.0 Å². The van der Waals surface area contributed by atoms with Gasteiger partial charge in [0.15, 0.2) is 0 Å². The van der Waals surface area contributed by atoms with Crippen molar-refractivity contribution in [1.29, 1.82) is 0 Å². The third-order valence-corrected chi connectivity index (χ3v) is 5.06. The summed E-state index contributed by atoms with van der Waals surface area (Å²) in [5, 5.41) is 5.62. The molecule has 3 amide bonds. The smallest absolute Gasteiger partial charge is 0.319 e. The summed E-state index contributed by atoms with van der Waals surface area (Å²) < 4.78 is 14.3. The summed E-state index contributed by atoms with van der Waals surface area (Å²) >= 11 is 0. The van der Waals surface area contributed by atoms with E-state index in [2.05, 4.69) is 15.5 Å². The fraction of sp³-hybridized carbons (Fsp3) is 0.333. The van der Waals surface area contributed by atoms with E-state index in [4.69, 9.17) is 5.73 Å². The van der Waals surface area contributed by atoms with Crippen LogP contribution in [0.1, 0.15) is 40.4 Å². The summed E-state index contributed by atoms with van der Waals surface area (Å²) in [5.74, 6) is -0.781. The van der Waals surface area contributed by atoms with E-state index in [9.17, 15) is 14.0 Å². The molecule has 1 aliphatic heterocycles. The Hall–Kier alpha value is -2.93. The van der Waals surface area contributed by atoms with Gasteiger partial charge in [0.05, 0.1) is 6.04 Å². The number of hydrogen-bond acceptors (Lipinski definition) is 3. The molecule has 148 valence electrons.